The van der Waals surface area contributed by atoms with E-state index in [1.54, 1.807) is 23.0 Å². The van der Waals surface area contributed by atoms with Crippen LogP contribution in [0.25, 0.3) is 22.2 Å². The molecule has 2 aromatic heterocycles. The first-order chi connectivity index (χ1) is 14.5. The summed E-state index contributed by atoms with van der Waals surface area (Å²) < 4.78 is 16.1. The largest absolute Gasteiger partial charge is 0.371 e. The molecule has 6 nitrogen and oxygen atoms in total. The Morgan fingerprint density at radius 2 is 1.97 bits per heavy atom. The highest BCUT2D eigenvalue weighted by Crippen LogP contribution is 2.43. The van der Waals surface area contributed by atoms with Crippen molar-refractivity contribution in [2.24, 2.45) is 12.8 Å². The highest BCUT2D eigenvalue weighted by molar-refractivity contribution is 6.39. The lowest BCUT2D eigenvalue weighted by Gasteiger charge is -2.41. The Morgan fingerprint density at radius 1 is 1.20 bits per heavy atom. The molecule has 1 saturated heterocycles. The van der Waals surface area contributed by atoms with Gasteiger partial charge in [-0.1, -0.05) is 29.8 Å². The predicted octanol–water partition coefficient (Wildman–Crippen LogP) is 4.21. The second-order valence-corrected chi connectivity index (χ2v) is 8.28. The predicted molar refractivity (Wildman–Crippen MR) is 117 cm³/mol. The van der Waals surface area contributed by atoms with E-state index in [1.165, 1.54) is 6.07 Å². The Hall–Kier alpha value is -2.90. The lowest BCUT2D eigenvalue weighted by atomic mass is 9.81. The van der Waals surface area contributed by atoms with Crippen LogP contribution in [0.3, 0.4) is 0 Å². The number of H-pyrrole nitrogens is 1. The maximum absolute atomic E-state index is 14.4. The fraction of sp³-hybridized carbons (Fsp3) is 0.273. The van der Waals surface area contributed by atoms with Gasteiger partial charge in [0.05, 0.1) is 16.2 Å². The van der Waals surface area contributed by atoms with Gasteiger partial charge in [0.25, 0.3) is 0 Å². The fourth-order valence-electron chi connectivity index (χ4n) is 4.40. The molecule has 30 heavy (non-hydrogen) atoms. The van der Waals surface area contributed by atoms with Crippen LogP contribution >= 0.6 is 11.6 Å². The van der Waals surface area contributed by atoms with Gasteiger partial charge in [-0.3, -0.25) is 9.78 Å². The van der Waals surface area contributed by atoms with Gasteiger partial charge < -0.3 is 10.6 Å². The van der Waals surface area contributed by atoms with Crippen LogP contribution in [-0.4, -0.2) is 33.1 Å². The molecule has 0 unspecified atom stereocenters. The van der Waals surface area contributed by atoms with Crippen LogP contribution in [0.15, 0.2) is 48.8 Å². The van der Waals surface area contributed by atoms with E-state index >= 15 is 0 Å². The Bertz CT molecular complexity index is 1210. The van der Waals surface area contributed by atoms with Crippen LogP contribution in [0.2, 0.25) is 5.02 Å². The van der Waals surface area contributed by atoms with Crippen LogP contribution < -0.4 is 10.6 Å². The number of hydrogen-bond acceptors (Lipinski definition) is 4. The third-order valence-electron chi connectivity index (χ3n) is 6.01. The minimum absolute atomic E-state index is 0.247. The minimum atomic E-state index is -0.687. The van der Waals surface area contributed by atoms with Crippen molar-refractivity contribution in [3.05, 3.63) is 65.2 Å². The van der Waals surface area contributed by atoms with Gasteiger partial charge >= 0.3 is 0 Å². The van der Waals surface area contributed by atoms with Crippen molar-refractivity contribution in [2.75, 3.05) is 18.0 Å². The van der Waals surface area contributed by atoms with E-state index in [1.807, 2.05) is 25.4 Å². The number of nitrogens with two attached hydrogens (primary N) is 1. The van der Waals surface area contributed by atoms with E-state index in [-0.39, 0.29) is 5.82 Å². The van der Waals surface area contributed by atoms with Crippen molar-refractivity contribution in [1.82, 2.24) is 20.0 Å². The summed E-state index contributed by atoms with van der Waals surface area (Å²) in [6.45, 7) is 1.36. The van der Waals surface area contributed by atoms with E-state index < -0.39 is 5.54 Å². The first-order valence-corrected chi connectivity index (χ1v) is 10.3. The van der Waals surface area contributed by atoms with Crippen molar-refractivity contribution >= 4 is 28.2 Å². The quantitative estimate of drug-likeness (QED) is 0.516. The third kappa shape index (κ3) is 3.05. The van der Waals surface area contributed by atoms with Crippen molar-refractivity contribution in [3.8, 4) is 11.3 Å². The molecule has 3 heterocycles. The van der Waals surface area contributed by atoms with E-state index in [4.69, 9.17) is 17.3 Å². The zero-order chi connectivity index (χ0) is 20.9. The smallest absolute Gasteiger partial charge is 0.128 e. The van der Waals surface area contributed by atoms with Crippen molar-refractivity contribution in [2.45, 2.75) is 18.4 Å². The van der Waals surface area contributed by atoms with Gasteiger partial charge in [0.2, 0.25) is 0 Å². The molecule has 3 N–H and O–H groups in total. The lowest BCUT2D eigenvalue weighted by molar-refractivity contribution is 0.330. The normalized spacial score (nSPS) is 16.3. The summed E-state index contributed by atoms with van der Waals surface area (Å²) in [5, 5.41) is 13.3. The zero-order valence-corrected chi connectivity index (χ0v) is 17.3. The molecule has 1 fully saturated rings. The minimum Gasteiger partial charge on any atom is -0.371 e. The van der Waals surface area contributed by atoms with Gasteiger partial charge in [0.15, 0.2) is 0 Å². The van der Waals surface area contributed by atoms with Crippen LogP contribution in [0.4, 0.5) is 10.1 Å². The summed E-state index contributed by atoms with van der Waals surface area (Å²) in [6.07, 6.45) is 4.96. The SMILES string of the molecule is Cn1cc2c(Cl)c(-c3cc[nH]n3)c(N3CCC(N)(c4ccccc4F)CC3)cc2n1. The van der Waals surface area contributed by atoms with E-state index in [9.17, 15) is 4.39 Å². The topological polar surface area (TPSA) is 75.8 Å². The number of rotatable bonds is 3. The monoisotopic (exact) mass is 424 g/mol. The number of aromatic amines is 1. The van der Waals surface area contributed by atoms with Gasteiger partial charge in [0, 0.05) is 60.3 Å². The molecule has 0 amide bonds. The molecule has 2 aromatic carbocycles. The van der Waals surface area contributed by atoms with Gasteiger partial charge in [-0.15, -0.1) is 0 Å². The number of piperidine rings is 1. The van der Waals surface area contributed by atoms with Crippen LogP contribution in [0.5, 0.6) is 0 Å². The van der Waals surface area contributed by atoms with Crippen molar-refractivity contribution in [3.63, 3.8) is 0 Å². The number of aryl methyl sites for hydroxylation is 1. The van der Waals surface area contributed by atoms with E-state index in [0.717, 1.165) is 27.8 Å². The molecule has 0 atom stereocenters. The average molecular weight is 425 g/mol. The van der Waals surface area contributed by atoms with Crippen LogP contribution in [0, 0.1) is 5.82 Å². The average Bonchev–Trinajstić information content (AvgIpc) is 3.38. The third-order valence-corrected chi connectivity index (χ3v) is 6.40. The number of nitrogens with one attached hydrogen (secondary N) is 1. The summed E-state index contributed by atoms with van der Waals surface area (Å²) in [5.41, 5.74) is 9.99. The second kappa shape index (κ2) is 7.11. The molecule has 8 heteroatoms. The van der Waals surface area contributed by atoms with Gasteiger partial charge in [-0.25, -0.2) is 4.39 Å². The first-order valence-electron chi connectivity index (χ1n) is 9.91. The van der Waals surface area contributed by atoms with Crippen LogP contribution in [-0.2, 0) is 12.6 Å². The van der Waals surface area contributed by atoms with Gasteiger partial charge in [0.1, 0.15) is 5.82 Å². The van der Waals surface area contributed by atoms with E-state index in [0.29, 0.717) is 36.5 Å². The van der Waals surface area contributed by atoms with Gasteiger partial charge in [-0.2, -0.15) is 10.2 Å². The molecular weight excluding hydrogens is 403 g/mol. The van der Waals surface area contributed by atoms with Gasteiger partial charge in [-0.05, 0) is 31.0 Å². The van der Waals surface area contributed by atoms with Crippen molar-refractivity contribution < 1.29 is 4.39 Å². The highest BCUT2D eigenvalue weighted by Gasteiger charge is 2.35. The molecule has 1 aliphatic rings. The Morgan fingerprint density at radius 3 is 2.67 bits per heavy atom. The molecular formula is C22H22ClFN6. The Balaban J connectivity index is 1.54. The molecule has 0 saturated carbocycles. The van der Waals surface area contributed by atoms with E-state index in [2.05, 4.69) is 26.3 Å². The fourth-order valence-corrected chi connectivity index (χ4v) is 4.74. The molecule has 0 aliphatic carbocycles. The maximum atomic E-state index is 14.4. The molecule has 5 rings (SSSR count). The number of aromatic nitrogens is 4. The molecule has 154 valence electrons. The number of nitrogens with zero attached hydrogens (tertiary/aromatic N) is 4. The molecule has 4 aromatic rings. The standard InChI is InChI=1S/C22H22ClFN6/c1-29-13-14-18(28-29)12-19(20(21(14)23)17-6-9-26-27-17)30-10-7-22(25,8-11-30)15-4-2-3-5-16(15)24/h2-6,9,12-13H,7-8,10-11,25H2,1H3,(H,26,27). The number of anilines is 1. The summed E-state index contributed by atoms with van der Waals surface area (Å²) in [6, 6.07) is 10.8. The number of hydrogen-bond donors (Lipinski definition) is 2. The number of fused-ring (bicyclic) bond motifs is 1. The molecule has 0 spiro atoms. The zero-order valence-electron chi connectivity index (χ0n) is 16.6. The molecule has 1 aliphatic heterocycles. The maximum Gasteiger partial charge on any atom is 0.128 e. The first kappa shape index (κ1) is 19.1. The summed E-state index contributed by atoms with van der Waals surface area (Å²) in [7, 11) is 1.88. The summed E-state index contributed by atoms with van der Waals surface area (Å²) in [4.78, 5) is 2.25. The number of benzene rings is 2. The lowest BCUT2D eigenvalue weighted by Crippen LogP contribution is -2.48. The summed E-state index contributed by atoms with van der Waals surface area (Å²) in [5.74, 6) is -0.247. The number of halogens is 2. The van der Waals surface area contributed by atoms with Crippen molar-refractivity contribution in [1.29, 1.82) is 0 Å². The Labute approximate surface area is 178 Å². The Kier molecular flexibility index (Phi) is 4.52. The van der Waals surface area contributed by atoms with Crippen LogP contribution in [0.1, 0.15) is 18.4 Å². The second-order valence-electron chi connectivity index (χ2n) is 7.90. The molecule has 0 bridgehead atoms. The summed E-state index contributed by atoms with van der Waals surface area (Å²) >= 11 is 6.84. The molecule has 0 radical (unpaired) electrons. The highest BCUT2D eigenvalue weighted by atomic mass is 35.5.